The minimum atomic E-state index is -0.134. The molecule has 2 aliphatic rings. The fourth-order valence-electron chi connectivity index (χ4n) is 4.30. The molecular weight excluding hydrogens is 356 g/mol. The third-order valence-electron chi connectivity index (χ3n) is 5.78. The molecule has 1 aliphatic carbocycles. The van der Waals surface area contributed by atoms with Crippen molar-refractivity contribution in [3.8, 4) is 0 Å². The van der Waals surface area contributed by atoms with E-state index in [2.05, 4.69) is 21.7 Å². The van der Waals surface area contributed by atoms with Gasteiger partial charge < -0.3 is 9.73 Å². The number of hydrogen-bond donors (Lipinski definition) is 1. The number of furan rings is 1. The second-order valence-corrected chi connectivity index (χ2v) is 8.78. The highest BCUT2D eigenvalue weighted by Gasteiger charge is 2.40. The van der Waals surface area contributed by atoms with Crippen LogP contribution in [0.25, 0.3) is 11.0 Å². The van der Waals surface area contributed by atoms with Crippen molar-refractivity contribution < 1.29 is 9.21 Å². The van der Waals surface area contributed by atoms with Gasteiger partial charge >= 0.3 is 0 Å². The molecule has 1 fully saturated rings. The summed E-state index contributed by atoms with van der Waals surface area (Å²) in [4.78, 5) is 16.7. The van der Waals surface area contributed by atoms with Crippen molar-refractivity contribution in [1.29, 1.82) is 0 Å². The second-order valence-electron chi connectivity index (χ2n) is 7.78. The third kappa shape index (κ3) is 3.30. The number of carbonyl (C=O) groups is 1. The molecule has 1 aliphatic heterocycles. The van der Waals surface area contributed by atoms with Gasteiger partial charge in [0.15, 0.2) is 0 Å². The van der Waals surface area contributed by atoms with Crippen molar-refractivity contribution >= 4 is 28.2 Å². The van der Waals surface area contributed by atoms with Gasteiger partial charge in [0.25, 0.3) is 0 Å². The average molecular weight is 381 g/mol. The van der Waals surface area contributed by atoms with Gasteiger partial charge in [-0.15, -0.1) is 11.3 Å². The Morgan fingerprint density at radius 2 is 2.19 bits per heavy atom. The molecule has 4 nitrogen and oxygen atoms in total. The van der Waals surface area contributed by atoms with Crippen LogP contribution in [0.4, 0.5) is 0 Å². The highest BCUT2D eigenvalue weighted by Crippen LogP contribution is 2.48. The van der Waals surface area contributed by atoms with E-state index in [0.717, 1.165) is 35.6 Å². The van der Waals surface area contributed by atoms with Crippen LogP contribution < -0.4 is 5.32 Å². The van der Waals surface area contributed by atoms with Crippen LogP contribution in [0.15, 0.2) is 46.2 Å². The Balaban J connectivity index is 1.27. The summed E-state index contributed by atoms with van der Waals surface area (Å²) in [5.74, 6) is 1.61. The van der Waals surface area contributed by atoms with Gasteiger partial charge in [-0.1, -0.05) is 18.2 Å². The summed E-state index contributed by atoms with van der Waals surface area (Å²) in [5, 5.41) is 6.40. The molecule has 5 rings (SSSR count). The van der Waals surface area contributed by atoms with Crippen LogP contribution >= 0.6 is 11.3 Å². The second kappa shape index (κ2) is 6.80. The van der Waals surface area contributed by atoms with Gasteiger partial charge in [0.2, 0.25) is 5.91 Å². The Morgan fingerprint density at radius 3 is 3.00 bits per heavy atom. The predicted molar refractivity (Wildman–Crippen MR) is 108 cm³/mol. The van der Waals surface area contributed by atoms with Crippen molar-refractivity contribution in [1.82, 2.24) is 10.2 Å². The summed E-state index contributed by atoms with van der Waals surface area (Å²) >= 11 is 1.87. The van der Waals surface area contributed by atoms with Gasteiger partial charge in [0.1, 0.15) is 11.3 Å². The van der Waals surface area contributed by atoms with Crippen LogP contribution in [0, 0.1) is 5.92 Å². The fourth-order valence-corrected chi connectivity index (χ4v) is 5.21. The van der Waals surface area contributed by atoms with E-state index in [0.29, 0.717) is 12.6 Å². The Kier molecular flexibility index (Phi) is 4.29. The Labute approximate surface area is 163 Å². The maximum Gasteiger partial charge on any atom is 0.234 e. The molecule has 5 heteroatoms. The average Bonchev–Trinajstić information content (AvgIpc) is 3.21. The topological polar surface area (TPSA) is 45.5 Å². The first kappa shape index (κ1) is 17.0. The molecule has 0 unspecified atom stereocenters. The highest BCUT2D eigenvalue weighted by molar-refractivity contribution is 7.10. The molecule has 1 saturated carbocycles. The quantitative estimate of drug-likeness (QED) is 0.699. The number of hydrogen-bond acceptors (Lipinski definition) is 4. The molecule has 2 aromatic heterocycles. The van der Waals surface area contributed by atoms with E-state index < -0.39 is 0 Å². The zero-order valence-corrected chi connectivity index (χ0v) is 16.3. The number of fused-ring (bicyclic) bond motifs is 2. The molecule has 0 radical (unpaired) electrons. The van der Waals surface area contributed by atoms with Crippen molar-refractivity contribution in [2.45, 2.75) is 38.3 Å². The first-order valence-corrected chi connectivity index (χ1v) is 10.6. The highest BCUT2D eigenvalue weighted by atomic mass is 32.1. The summed E-state index contributed by atoms with van der Waals surface area (Å²) in [6, 6.07) is 12.5. The van der Waals surface area contributed by atoms with Gasteiger partial charge in [0, 0.05) is 22.8 Å². The number of nitrogens with one attached hydrogen (secondary N) is 1. The van der Waals surface area contributed by atoms with E-state index in [9.17, 15) is 4.79 Å². The number of amides is 1. The SMILES string of the molecule is C[C@@H](NC(=O)CN1CCc2sccc2[C@@H]1C1CC1)c1cc2ccccc2o1. The smallest absolute Gasteiger partial charge is 0.234 e. The van der Waals surface area contributed by atoms with E-state index in [-0.39, 0.29) is 11.9 Å². The summed E-state index contributed by atoms with van der Waals surface area (Å²) in [7, 11) is 0. The van der Waals surface area contributed by atoms with E-state index in [1.54, 1.807) is 0 Å². The molecule has 1 N–H and O–H groups in total. The lowest BCUT2D eigenvalue weighted by molar-refractivity contribution is -0.123. The maximum atomic E-state index is 12.8. The van der Waals surface area contributed by atoms with Gasteiger partial charge in [-0.05, 0) is 61.2 Å². The number of carbonyl (C=O) groups excluding carboxylic acids is 1. The summed E-state index contributed by atoms with van der Waals surface area (Å²) in [5.41, 5.74) is 2.33. The molecule has 0 bridgehead atoms. The minimum Gasteiger partial charge on any atom is -0.459 e. The molecule has 3 heterocycles. The molecular formula is C22H24N2O2S. The lowest BCUT2D eigenvalue weighted by Gasteiger charge is -2.35. The van der Waals surface area contributed by atoms with Crippen molar-refractivity contribution in [2.75, 3.05) is 13.1 Å². The van der Waals surface area contributed by atoms with Crippen molar-refractivity contribution in [2.24, 2.45) is 5.92 Å². The van der Waals surface area contributed by atoms with E-state index in [1.807, 2.05) is 48.6 Å². The van der Waals surface area contributed by atoms with Gasteiger partial charge in [-0.2, -0.15) is 0 Å². The largest absolute Gasteiger partial charge is 0.459 e. The molecule has 1 aromatic carbocycles. The fraction of sp³-hybridized carbons (Fsp3) is 0.409. The van der Waals surface area contributed by atoms with Gasteiger partial charge in [-0.25, -0.2) is 0 Å². The van der Waals surface area contributed by atoms with E-state index in [1.165, 1.54) is 23.3 Å². The number of para-hydroxylation sites is 1. The van der Waals surface area contributed by atoms with E-state index >= 15 is 0 Å². The van der Waals surface area contributed by atoms with Crippen LogP contribution in [0.5, 0.6) is 0 Å². The van der Waals surface area contributed by atoms with E-state index in [4.69, 9.17) is 4.42 Å². The van der Waals surface area contributed by atoms with Crippen LogP contribution in [0.2, 0.25) is 0 Å². The normalized spacial score (nSPS) is 21.1. The molecule has 140 valence electrons. The molecule has 27 heavy (non-hydrogen) atoms. The summed E-state index contributed by atoms with van der Waals surface area (Å²) in [6.45, 7) is 3.42. The van der Waals surface area contributed by atoms with Crippen LogP contribution in [0.1, 0.15) is 48.0 Å². The Bertz CT molecular complexity index is 939. The summed E-state index contributed by atoms with van der Waals surface area (Å²) < 4.78 is 5.90. The standard InChI is InChI=1S/C22H24N2O2S/c1-14(19-12-16-4-2-3-5-18(16)26-19)23-21(25)13-24-10-8-20-17(9-11-27-20)22(24)15-6-7-15/h2-5,9,11-12,14-15,22H,6-8,10,13H2,1H3,(H,23,25)/t14-,22+/m1/s1. The number of rotatable bonds is 5. The van der Waals surface area contributed by atoms with Crippen LogP contribution in [-0.2, 0) is 11.2 Å². The number of nitrogens with zero attached hydrogens (tertiary/aromatic N) is 1. The van der Waals surface area contributed by atoms with Crippen LogP contribution in [-0.4, -0.2) is 23.9 Å². The van der Waals surface area contributed by atoms with Crippen molar-refractivity contribution in [3.63, 3.8) is 0 Å². The molecule has 2 atom stereocenters. The monoisotopic (exact) mass is 380 g/mol. The number of thiophene rings is 1. The van der Waals surface area contributed by atoms with Crippen LogP contribution in [0.3, 0.4) is 0 Å². The Hall–Kier alpha value is -2.11. The zero-order valence-electron chi connectivity index (χ0n) is 15.5. The zero-order chi connectivity index (χ0) is 18.4. The lowest BCUT2D eigenvalue weighted by Crippen LogP contribution is -2.43. The van der Waals surface area contributed by atoms with Crippen molar-refractivity contribution in [3.05, 3.63) is 58.0 Å². The maximum absolute atomic E-state index is 12.8. The third-order valence-corrected chi connectivity index (χ3v) is 6.78. The molecule has 3 aromatic rings. The predicted octanol–water partition coefficient (Wildman–Crippen LogP) is 4.68. The molecule has 1 amide bonds. The first-order chi connectivity index (χ1) is 13.2. The van der Waals surface area contributed by atoms with Gasteiger partial charge in [0.05, 0.1) is 12.6 Å². The lowest BCUT2D eigenvalue weighted by atomic mass is 9.96. The summed E-state index contributed by atoms with van der Waals surface area (Å²) in [6.07, 6.45) is 3.63. The Morgan fingerprint density at radius 1 is 1.33 bits per heavy atom. The molecule has 0 spiro atoms. The number of benzene rings is 1. The van der Waals surface area contributed by atoms with Gasteiger partial charge in [-0.3, -0.25) is 9.69 Å². The molecule has 0 saturated heterocycles. The first-order valence-electron chi connectivity index (χ1n) is 9.77. The minimum absolute atomic E-state index is 0.0762.